The SMILES string of the molecule is CB(O)N1CCNC[C@@H]1CCCCNC(C)=O. The van der Waals surface area contributed by atoms with Gasteiger partial charge in [0.25, 0.3) is 0 Å². The van der Waals surface area contributed by atoms with Crippen molar-refractivity contribution in [1.29, 1.82) is 0 Å². The zero-order valence-electron chi connectivity index (χ0n) is 10.9. The summed E-state index contributed by atoms with van der Waals surface area (Å²) in [5, 5.41) is 15.8. The van der Waals surface area contributed by atoms with Crippen molar-refractivity contribution in [3.8, 4) is 0 Å². The lowest BCUT2D eigenvalue weighted by molar-refractivity contribution is -0.118. The summed E-state index contributed by atoms with van der Waals surface area (Å²) < 4.78 is 0. The first-order valence-electron chi connectivity index (χ1n) is 6.50. The van der Waals surface area contributed by atoms with Gasteiger partial charge in [0.1, 0.15) is 0 Å². The van der Waals surface area contributed by atoms with Gasteiger partial charge in [-0.15, -0.1) is 0 Å². The normalized spacial score (nSPS) is 21.2. The van der Waals surface area contributed by atoms with Crippen LogP contribution in [-0.4, -0.2) is 55.0 Å². The van der Waals surface area contributed by atoms with Crippen molar-refractivity contribution in [3.63, 3.8) is 0 Å². The molecule has 17 heavy (non-hydrogen) atoms. The van der Waals surface area contributed by atoms with Crippen molar-refractivity contribution in [3.05, 3.63) is 0 Å². The highest BCUT2D eigenvalue weighted by molar-refractivity contribution is 6.45. The van der Waals surface area contributed by atoms with E-state index >= 15 is 0 Å². The van der Waals surface area contributed by atoms with Crippen LogP contribution in [0.2, 0.25) is 6.82 Å². The molecule has 0 aliphatic carbocycles. The van der Waals surface area contributed by atoms with Crippen molar-refractivity contribution in [2.45, 2.75) is 39.1 Å². The predicted octanol–water partition coefficient (Wildman–Crippen LogP) is -0.323. The zero-order valence-corrected chi connectivity index (χ0v) is 10.9. The number of carbonyl (C=O) groups excluding carboxylic acids is 1. The second-order valence-electron chi connectivity index (χ2n) is 4.71. The predicted molar refractivity (Wildman–Crippen MR) is 69.7 cm³/mol. The Labute approximate surface area is 104 Å². The van der Waals surface area contributed by atoms with E-state index in [0.29, 0.717) is 6.04 Å². The van der Waals surface area contributed by atoms with Crippen molar-refractivity contribution < 1.29 is 9.82 Å². The molecule has 5 nitrogen and oxygen atoms in total. The van der Waals surface area contributed by atoms with Gasteiger partial charge >= 0.3 is 7.05 Å². The van der Waals surface area contributed by atoms with E-state index in [2.05, 4.69) is 15.4 Å². The quantitative estimate of drug-likeness (QED) is 0.440. The van der Waals surface area contributed by atoms with Crippen LogP contribution in [0.25, 0.3) is 0 Å². The minimum absolute atomic E-state index is 0.0370. The van der Waals surface area contributed by atoms with Crippen LogP contribution in [-0.2, 0) is 4.79 Å². The van der Waals surface area contributed by atoms with Crippen molar-refractivity contribution in [2.75, 3.05) is 26.2 Å². The second-order valence-corrected chi connectivity index (χ2v) is 4.71. The van der Waals surface area contributed by atoms with E-state index < -0.39 is 0 Å². The molecule has 1 amide bonds. The minimum atomic E-state index is -0.363. The molecule has 1 heterocycles. The number of carbonyl (C=O) groups is 1. The summed E-state index contributed by atoms with van der Waals surface area (Å²) in [7, 11) is -0.363. The van der Waals surface area contributed by atoms with Gasteiger partial charge in [0.05, 0.1) is 0 Å². The molecule has 1 rings (SSSR count). The molecule has 1 aliphatic heterocycles. The molecule has 0 spiro atoms. The second kappa shape index (κ2) is 7.69. The molecule has 0 unspecified atom stereocenters. The highest BCUT2D eigenvalue weighted by atomic mass is 16.2. The molecule has 1 aliphatic rings. The van der Waals surface area contributed by atoms with Crippen LogP contribution < -0.4 is 10.6 Å². The van der Waals surface area contributed by atoms with Crippen LogP contribution >= 0.6 is 0 Å². The lowest BCUT2D eigenvalue weighted by Gasteiger charge is -2.37. The Balaban J connectivity index is 2.17. The van der Waals surface area contributed by atoms with Crippen molar-refractivity contribution in [1.82, 2.24) is 15.4 Å². The van der Waals surface area contributed by atoms with E-state index in [0.717, 1.165) is 45.4 Å². The Kier molecular flexibility index (Phi) is 6.54. The fourth-order valence-electron chi connectivity index (χ4n) is 2.31. The number of nitrogens with zero attached hydrogens (tertiary/aromatic N) is 1. The highest BCUT2D eigenvalue weighted by Gasteiger charge is 2.27. The summed E-state index contributed by atoms with van der Waals surface area (Å²) >= 11 is 0. The van der Waals surface area contributed by atoms with E-state index in [1.54, 1.807) is 6.92 Å². The average molecular weight is 241 g/mol. The fraction of sp³-hybridized carbons (Fsp3) is 0.909. The summed E-state index contributed by atoms with van der Waals surface area (Å²) in [4.78, 5) is 12.8. The lowest BCUT2D eigenvalue weighted by Crippen LogP contribution is -2.56. The molecule has 1 saturated heterocycles. The Morgan fingerprint density at radius 1 is 1.59 bits per heavy atom. The molecule has 0 aromatic heterocycles. The number of hydrogen-bond acceptors (Lipinski definition) is 4. The van der Waals surface area contributed by atoms with E-state index in [1.807, 2.05) is 6.82 Å². The Bertz CT molecular complexity index is 239. The Morgan fingerprint density at radius 2 is 2.35 bits per heavy atom. The molecule has 0 aromatic rings. The molecule has 1 fully saturated rings. The van der Waals surface area contributed by atoms with Crippen LogP contribution in [0.3, 0.4) is 0 Å². The maximum Gasteiger partial charge on any atom is 0.376 e. The van der Waals surface area contributed by atoms with E-state index in [1.165, 1.54) is 0 Å². The molecular weight excluding hydrogens is 217 g/mol. The van der Waals surface area contributed by atoms with Gasteiger partial charge in [0.15, 0.2) is 0 Å². The number of rotatable bonds is 6. The van der Waals surface area contributed by atoms with Gasteiger partial charge in [-0.05, 0) is 19.7 Å². The minimum Gasteiger partial charge on any atom is -0.437 e. The van der Waals surface area contributed by atoms with Crippen molar-refractivity contribution >= 4 is 13.0 Å². The van der Waals surface area contributed by atoms with Gasteiger partial charge in [0, 0.05) is 39.1 Å². The Morgan fingerprint density at radius 3 is 3.00 bits per heavy atom. The van der Waals surface area contributed by atoms with E-state index in [-0.39, 0.29) is 13.0 Å². The van der Waals surface area contributed by atoms with Crippen molar-refractivity contribution in [2.24, 2.45) is 0 Å². The number of hydrogen-bond donors (Lipinski definition) is 3. The van der Waals surface area contributed by atoms with Crippen LogP contribution in [0.4, 0.5) is 0 Å². The summed E-state index contributed by atoms with van der Waals surface area (Å²) in [6.45, 7) is 6.94. The fourth-order valence-corrected chi connectivity index (χ4v) is 2.31. The molecule has 1 atom stereocenters. The molecular formula is C11H24BN3O2. The smallest absolute Gasteiger partial charge is 0.376 e. The topological polar surface area (TPSA) is 64.6 Å². The zero-order chi connectivity index (χ0) is 12.7. The first kappa shape index (κ1) is 14.5. The first-order chi connectivity index (χ1) is 8.11. The largest absolute Gasteiger partial charge is 0.437 e. The number of unbranched alkanes of at least 4 members (excludes halogenated alkanes) is 1. The lowest BCUT2D eigenvalue weighted by atomic mass is 9.81. The summed E-state index contributed by atoms with van der Waals surface area (Å²) in [5.41, 5.74) is 0. The van der Waals surface area contributed by atoms with Crippen LogP contribution in [0.1, 0.15) is 26.2 Å². The van der Waals surface area contributed by atoms with E-state index in [9.17, 15) is 9.82 Å². The Hall–Kier alpha value is -0.585. The summed E-state index contributed by atoms with van der Waals surface area (Å²) in [6, 6.07) is 0.418. The van der Waals surface area contributed by atoms with Gasteiger partial charge < -0.3 is 20.5 Å². The monoisotopic (exact) mass is 241 g/mol. The standard InChI is InChI=1S/C11H24BN3O2/c1-10(16)14-6-4-3-5-11-9-13-7-8-15(11)12(2)17/h11,13,17H,3-9H2,1-2H3,(H,14,16)/t11-/m0/s1. The first-order valence-corrected chi connectivity index (χ1v) is 6.50. The molecule has 6 heteroatoms. The molecule has 0 saturated carbocycles. The van der Waals surface area contributed by atoms with Crippen LogP contribution in [0.5, 0.6) is 0 Å². The molecule has 0 radical (unpaired) electrons. The highest BCUT2D eigenvalue weighted by Crippen LogP contribution is 2.11. The summed E-state index contributed by atoms with van der Waals surface area (Å²) in [5.74, 6) is 0.0370. The molecule has 0 bridgehead atoms. The van der Waals surface area contributed by atoms with Crippen LogP contribution in [0.15, 0.2) is 0 Å². The maximum atomic E-state index is 10.7. The van der Waals surface area contributed by atoms with Gasteiger partial charge in [-0.25, -0.2) is 0 Å². The van der Waals surface area contributed by atoms with E-state index in [4.69, 9.17) is 0 Å². The van der Waals surface area contributed by atoms with Crippen LogP contribution in [0, 0.1) is 0 Å². The maximum absolute atomic E-state index is 10.7. The van der Waals surface area contributed by atoms with Gasteiger partial charge in [0.2, 0.25) is 5.91 Å². The number of amides is 1. The third kappa shape index (κ3) is 5.52. The third-order valence-electron chi connectivity index (χ3n) is 3.21. The molecule has 3 N–H and O–H groups in total. The van der Waals surface area contributed by atoms with Gasteiger partial charge in [-0.1, -0.05) is 6.42 Å². The molecule has 98 valence electrons. The average Bonchev–Trinajstić information content (AvgIpc) is 2.28. The van der Waals surface area contributed by atoms with Gasteiger partial charge in [-0.3, -0.25) is 4.79 Å². The third-order valence-corrected chi connectivity index (χ3v) is 3.21. The summed E-state index contributed by atoms with van der Waals surface area (Å²) in [6.07, 6.45) is 3.15. The van der Waals surface area contributed by atoms with Gasteiger partial charge in [-0.2, -0.15) is 0 Å². The molecule has 0 aromatic carbocycles. The number of piperazine rings is 1. The number of nitrogens with one attached hydrogen (secondary N) is 2.